The summed E-state index contributed by atoms with van der Waals surface area (Å²) in [4.78, 5) is 11.3. The highest BCUT2D eigenvalue weighted by atomic mass is 32.2. The summed E-state index contributed by atoms with van der Waals surface area (Å²) >= 11 is 1.39. The first kappa shape index (κ1) is 14.0. The van der Waals surface area contributed by atoms with Crippen LogP contribution in [0.4, 0.5) is 0 Å². The molecule has 0 aliphatic heterocycles. The minimum Gasteiger partial charge on any atom is -0.480 e. The third-order valence-electron chi connectivity index (χ3n) is 2.40. The van der Waals surface area contributed by atoms with E-state index in [9.17, 15) is 9.90 Å². The Morgan fingerprint density at radius 1 is 1.71 bits per heavy atom. The van der Waals surface area contributed by atoms with Crippen molar-refractivity contribution in [1.29, 1.82) is 0 Å². The molecular weight excluding hydrogens is 240 g/mol. The van der Waals surface area contributed by atoms with Crippen molar-refractivity contribution in [3.05, 3.63) is 6.33 Å². The quantitative estimate of drug-likeness (QED) is 0.703. The Balaban J connectivity index is 2.61. The van der Waals surface area contributed by atoms with Crippen molar-refractivity contribution in [1.82, 2.24) is 20.1 Å². The van der Waals surface area contributed by atoms with E-state index in [1.807, 2.05) is 14.0 Å². The third kappa shape index (κ3) is 3.71. The lowest BCUT2D eigenvalue weighted by atomic mass is 10.1. The number of carboxylic acids is 1. The van der Waals surface area contributed by atoms with Gasteiger partial charge in [-0.15, -0.1) is 10.2 Å². The zero-order valence-corrected chi connectivity index (χ0v) is 11.1. The summed E-state index contributed by atoms with van der Waals surface area (Å²) in [5.41, 5.74) is -0.938. The lowest BCUT2D eigenvalue weighted by molar-refractivity contribution is -0.143. The summed E-state index contributed by atoms with van der Waals surface area (Å²) in [7, 11) is 1.83. The van der Waals surface area contributed by atoms with E-state index in [4.69, 9.17) is 0 Å². The molecule has 2 N–H and O–H groups in total. The van der Waals surface area contributed by atoms with Crippen LogP contribution in [0.15, 0.2) is 11.5 Å². The van der Waals surface area contributed by atoms with Gasteiger partial charge in [-0.05, 0) is 19.9 Å². The Bertz CT molecular complexity index is 382. The molecule has 0 aromatic carbocycles. The van der Waals surface area contributed by atoms with E-state index < -0.39 is 11.5 Å². The number of aryl methyl sites for hydroxylation is 1. The number of aliphatic carboxylic acids is 1. The van der Waals surface area contributed by atoms with Gasteiger partial charge < -0.3 is 15.0 Å². The molecule has 0 spiro atoms. The van der Waals surface area contributed by atoms with E-state index in [-0.39, 0.29) is 0 Å². The second kappa shape index (κ2) is 6.02. The molecule has 96 valence electrons. The molecule has 1 rings (SSSR count). The maximum atomic E-state index is 11.3. The summed E-state index contributed by atoms with van der Waals surface area (Å²) in [6, 6.07) is 0. The van der Waals surface area contributed by atoms with Crippen molar-refractivity contribution in [2.45, 2.75) is 31.0 Å². The van der Waals surface area contributed by atoms with Gasteiger partial charge in [0, 0.05) is 12.8 Å². The molecule has 0 radical (unpaired) electrons. The van der Waals surface area contributed by atoms with Gasteiger partial charge in [0.1, 0.15) is 11.9 Å². The fourth-order valence-electron chi connectivity index (χ4n) is 1.20. The highest BCUT2D eigenvalue weighted by molar-refractivity contribution is 7.99. The first-order valence-corrected chi connectivity index (χ1v) is 6.43. The summed E-state index contributed by atoms with van der Waals surface area (Å²) in [5.74, 6) is -0.435. The van der Waals surface area contributed by atoms with Gasteiger partial charge in [0.15, 0.2) is 5.16 Å². The van der Waals surface area contributed by atoms with Gasteiger partial charge in [-0.2, -0.15) is 0 Å². The van der Waals surface area contributed by atoms with Crippen LogP contribution < -0.4 is 5.32 Å². The van der Waals surface area contributed by atoms with E-state index in [0.29, 0.717) is 12.3 Å². The Morgan fingerprint density at radius 3 is 2.88 bits per heavy atom. The van der Waals surface area contributed by atoms with E-state index in [2.05, 4.69) is 15.5 Å². The second-order valence-electron chi connectivity index (χ2n) is 4.08. The zero-order chi connectivity index (χ0) is 12.9. The number of thioether (sulfide) groups is 1. The molecule has 0 fully saturated rings. The predicted octanol–water partition coefficient (Wildman–Crippen LogP) is 0.750. The molecule has 1 unspecified atom stereocenters. The minimum absolute atomic E-state index is 0.412. The molecule has 1 aromatic heterocycles. The zero-order valence-electron chi connectivity index (χ0n) is 10.3. The molecule has 17 heavy (non-hydrogen) atoms. The van der Waals surface area contributed by atoms with Crippen molar-refractivity contribution in [3.63, 3.8) is 0 Å². The third-order valence-corrected chi connectivity index (χ3v) is 3.75. The number of aromatic nitrogens is 3. The van der Waals surface area contributed by atoms with Crippen LogP contribution in [0, 0.1) is 0 Å². The van der Waals surface area contributed by atoms with Crippen LogP contribution in [0.2, 0.25) is 0 Å². The summed E-state index contributed by atoms with van der Waals surface area (Å²) in [5, 5.41) is 20.7. The average Bonchev–Trinajstić information content (AvgIpc) is 2.69. The van der Waals surface area contributed by atoms with E-state index in [0.717, 1.165) is 11.6 Å². The number of carboxylic acid groups (broad SMARTS) is 1. The van der Waals surface area contributed by atoms with Crippen LogP contribution in [-0.4, -0.2) is 43.7 Å². The van der Waals surface area contributed by atoms with Crippen LogP contribution >= 0.6 is 11.8 Å². The summed E-state index contributed by atoms with van der Waals surface area (Å²) in [6.45, 7) is 4.38. The van der Waals surface area contributed by atoms with E-state index in [1.165, 1.54) is 11.8 Å². The molecule has 1 aromatic rings. The molecule has 0 aliphatic rings. The first-order valence-electron chi connectivity index (χ1n) is 5.45. The Hall–Kier alpha value is -1.08. The number of hydrogen-bond donors (Lipinski definition) is 2. The van der Waals surface area contributed by atoms with Crippen LogP contribution in [0.3, 0.4) is 0 Å². The van der Waals surface area contributed by atoms with Crippen molar-refractivity contribution in [3.8, 4) is 0 Å². The normalized spacial score (nSPS) is 14.5. The highest BCUT2D eigenvalue weighted by Crippen LogP contribution is 2.20. The maximum Gasteiger partial charge on any atom is 0.324 e. The smallest absolute Gasteiger partial charge is 0.324 e. The van der Waals surface area contributed by atoms with Crippen molar-refractivity contribution >= 4 is 17.7 Å². The standard InChI is InChI=1S/C10H18N4O2S/c1-4-5-11-10(2,8(15)16)6-17-9-13-12-7-14(9)3/h7,11H,4-6H2,1-3H3,(H,15,16). The van der Waals surface area contributed by atoms with Crippen molar-refractivity contribution in [2.24, 2.45) is 7.05 Å². The fourth-order valence-corrected chi connectivity index (χ4v) is 2.20. The summed E-state index contributed by atoms with van der Waals surface area (Å²) < 4.78 is 1.77. The lowest BCUT2D eigenvalue weighted by Gasteiger charge is -2.25. The summed E-state index contributed by atoms with van der Waals surface area (Å²) in [6.07, 6.45) is 2.50. The predicted molar refractivity (Wildman–Crippen MR) is 66.1 cm³/mol. The number of rotatable bonds is 7. The Kier molecular flexibility index (Phi) is 4.95. The fraction of sp³-hybridized carbons (Fsp3) is 0.700. The molecule has 0 aliphatic carbocycles. The lowest BCUT2D eigenvalue weighted by Crippen LogP contribution is -2.52. The first-order chi connectivity index (χ1) is 7.99. The van der Waals surface area contributed by atoms with E-state index >= 15 is 0 Å². The molecule has 0 bridgehead atoms. The maximum absolute atomic E-state index is 11.3. The molecule has 6 nitrogen and oxygen atoms in total. The number of carbonyl (C=O) groups is 1. The second-order valence-corrected chi connectivity index (χ2v) is 5.02. The van der Waals surface area contributed by atoms with Crippen LogP contribution in [-0.2, 0) is 11.8 Å². The highest BCUT2D eigenvalue weighted by Gasteiger charge is 2.32. The van der Waals surface area contributed by atoms with Crippen LogP contribution in [0.1, 0.15) is 20.3 Å². The van der Waals surface area contributed by atoms with E-state index in [1.54, 1.807) is 17.8 Å². The van der Waals surface area contributed by atoms with Crippen LogP contribution in [0.25, 0.3) is 0 Å². The molecule has 0 saturated heterocycles. The molecule has 1 atom stereocenters. The molecule has 0 amide bonds. The monoisotopic (exact) mass is 258 g/mol. The van der Waals surface area contributed by atoms with Crippen LogP contribution in [0.5, 0.6) is 0 Å². The SMILES string of the molecule is CCCNC(C)(CSc1nncn1C)C(=O)O. The topological polar surface area (TPSA) is 80.0 Å². The van der Waals surface area contributed by atoms with Gasteiger partial charge in [-0.25, -0.2) is 0 Å². The largest absolute Gasteiger partial charge is 0.480 e. The van der Waals surface area contributed by atoms with Crippen molar-refractivity contribution in [2.75, 3.05) is 12.3 Å². The number of nitrogens with one attached hydrogen (secondary N) is 1. The average molecular weight is 258 g/mol. The van der Waals surface area contributed by atoms with Gasteiger partial charge in [0.2, 0.25) is 0 Å². The van der Waals surface area contributed by atoms with Gasteiger partial charge in [-0.3, -0.25) is 4.79 Å². The number of hydrogen-bond acceptors (Lipinski definition) is 5. The molecular formula is C10H18N4O2S. The number of nitrogens with zero attached hydrogens (tertiary/aromatic N) is 3. The van der Waals surface area contributed by atoms with Gasteiger partial charge in [-0.1, -0.05) is 18.7 Å². The Morgan fingerprint density at radius 2 is 2.41 bits per heavy atom. The van der Waals surface area contributed by atoms with Gasteiger partial charge in [0.05, 0.1) is 0 Å². The Labute approximate surface area is 105 Å². The molecule has 1 heterocycles. The molecule has 7 heteroatoms. The molecule has 0 saturated carbocycles. The van der Waals surface area contributed by atoms with Gasteiger partial charge in [0.25, 0.3) is 0 Å². The van der Waals surface area contributed by atoms with Gasteiger partial charge >= 0.3 is 5.97 Å². The minimum atomic E-state index is -0.938. The van der Waals surface area contributed by atoms with Crippen molar-refractivity contribution < 1.29 is 9.90 Å².